The molecular weight excluding hydrogens is 456 g/mol. The highest BCUT2D eigenvalue weighted by Crippen LogP contribution is 2.21. The van der Waals surface area contributed by atoms with Gasteiger partial charge in [-0.05, 0) is 57.1 Å². The summed E-state index contributed by atoms with van der Waals surface area (Å²) in [5.41, 5.74) is 1.38. The lowest BCUT2D eigenvalue weighted by molar-refractivity contribution is -0.153. The number of nitrogens with zero attached hydrogens (tertiary/aromatic N) is 1. The number of hydrogen-bond acceptors (Lipinski definition) is 5. The van der Waals surface area contributed by atoms with Crippen LogP contribution in [0.3, 0.4) is 0 Å². The van der Waals surface area contributed by atoms with E-state index in [9.17, 15) is 14.4 Å². The number of hydrogen-bond donors (Lipinski definition) is 1. The van der Waals surface area contributed by atoms with Crippen LogP contribution >= 0.6 is 0 Å². The fraction of sp³-hybridized carbons (Fsp3) is 0.483. The molecule has 0 aromatic heterocycles. The third-order valence-corrected chi connectivity index (χ3v) is 6.20. The second kappa shape index (κ2) is 13.1. The average molecular weight is 495 g/mol. The van der Waals surface area contributed by atoms with Crippen molar-refractivity contribution in [3.05, 3.63) is 71.8 Å². The highest BCUT2D eigenvalue weighted by Gasteiger charge is 2.29. The Morgan fingerprint density at radius 1 is 0.944 bits per heavy atom. The summed E-state index contributed by atoms with van der Waals surface area (Å²) in [4.78, 5) is 39.9. The van der Waals surface area contributed by atoms with E-state index in [2.05, 4.69) is 5.32 Å². The van der Waals surface area contributed by atoms with Gasteiger partial charge in [0.05, 0.1) is 5.92 Å². The molecule has 0 spiro atoms. The quantitative estimate of drug-likeness (QED) is 0.509. The van der Waals surface area contributed by atoms with E-state index in [-0.39, 0.29) is 30.8 Å². The monoisotopic (exact) mass is 494 g/mol. The van der Waals surface area contributed by atoms with Crippen LogP contribution in [0.1, 0.15) is 51.2 Å². The molecule has 0 saturated carbocycles. The fourth-order valence-electron chi connectivity index (χ4n) is 4.25. The third-order valence-electron chi connectivity index (χ3n) is 6.20. The van der Waals surface area contributed by atoms with Crippen molar-refractivity contribution in [3.63, 3.8) is 0 Å². The molecule has 194 valence electrons. The lowest BCUT2D eigenvalue weighted by Crippen LogP contribution is -2.43. The molecule has 3 rings (SSSR count). The fourth-order valence-corrected chi connectivity index (χ4v) is 4.25. The van der Waals surface area contributed by atoms with Crippen LogP contribution in [-0.2, 0) is 32.1 Å². The lowest BCUT2D eigenvalue weighted by Gasteiger charge is -2.33. The molecule has 2 aromatic rings. The van der Waals surface area contributed by atoms with Gasteiger partial charge in [-0.25, -0.2) is 4.79 Å². The zero-order valence-corrected chi connectivity index (χ0v) is 21.6. The average Bonchev–Trinajstić information content (AvgIpc) is 2.86. The molecular formula is C29H38N2O5. The van der Waals surface area contributed by atoms with Gasteiger partial charge in [-0.1, -0.05) is 60.7 Å². The summed E-state index contributed by atoms with van der Waals surface area (Å²) in [5, 5.41) is 2.83. The maximum absolute atomic E-state index is 13.1. The summed E-state index contributed by atoms with van der Waals surface area (Å²) in [6.45, 7) is 7.43. The molecule has 1 heterocycles. The Bertz CT molecular complexity index is 980. The largest absolute Gasteiger partial charge is 0.461 e. The first-order chi connectivity index (χ1) is 17.2. The predicted octanol–water partition coefficient (Wildman–Crippen LogP) is 4.74. The molecule has 2 amide bonds. The molecule has 1 saturated heterocycles. The van der Waals surface area contributed by atoms with Crippen LogP contribution < -0.4 is 5.32 Å². The number of benzene rings is 2. The van der Waals surface area contributed by atoms with E-state index in [1.165, 1.54) is 0 Å². The zero-order chi connectivity index (χ0) is 26.0. The number of esters is 1. The molecule has 1 fully saturated rings. The minimum absolute atomic E-state index is 0.0360. The van der Waals surface area contributed by atoms with Gasteiger partial charge < -0.3 is 19.7 Å². The lowest BCUT2D eigenvalue weighted by atomic mass is 9.93. The molecule has 0 radical (unpaired) electrons. The topological polar surface area (TPSA) is 84.9 Å². The number of alkyl carbamates (subject to hydrolysis) is 1. The number of amides is 2. The number of carbonyl (C=O) groups is 3. The molecule has 7 nitrogen and oxygen atoms in total. The van der Waals surface area contributed by atoms with Gasteiger partial charge in [0.1, 0.15) is 12.2 Å². The number of ether oxygens (including phenoxy) is 2. The van der Waals surface area contributed by atoms with Gasteiger partial charge in [0.15, 0.2) is 0 Å². The highest BCUT2D eigenvalue weighted by molar-refractivity contribution is 5.83. The standard InChI is InChI=1S/C29H38N2O5/c1-29(2,3)36-28(34)30-20-23-14-16-31(17-15-23)26(32)19-25(18-22-10-6-4-7-11-22)27(33)35-21-24-12-8-5-9-13-24/h4-13,23,25H,14-21H2,1-3H3,(H,30,34)/t25-/m1/s1. The minimum atomic E-state index is -0.546. The van der Waals surface area contributed by atoms with E-state index < -0.39 is 17.6 Å². The van der Waals surface area contributed by atoms with Crippen molar-refractivity contribution in [2.75, 3.05) is 19.6 Å². The van der Waals surface area contributed by atoms with Crippen LogP contribution in [0.25, 0.3) is 0 Å². The third kappa shape index (κ3) is 9.36. The van der Waals surface area contributed by atoms with Gasteiger partial charge in [-0.15, -0.1) is 0 Å². The minimum Gasteiger partial charge on any atom is -0.461 e. The molecule has 1 aliphatic heterocycles. The van der Waals surface area contributed by atoms with Crippen molar-refractivity contribution in [1.29, 1.82) is 0 Å². The van der Waals surface area contributed by atoms with Crippen molar-refractivity contribution < 1.29 is 23.9 Å². The Kier molecular flexibility index (Phi) is 9.91. The van der Waals surface area contributed by atoms with E-state index in [4.69, 9.17) is 9.47 Å². The number of rotatable bonds is 9. The van der Waals surface area contributed by atoms with E-state index in [1.54, 1.807) is 0 Å². The van der Waals surface area contributed by atoms with Crippen LogP contribution in [0.4, 0.5) is 4.79 Å². The van der Waals surface area contributed by atoms with Crippen LogP contribution in [-0.4, -0.2) is 48.1 Å². The zero-order valence-electron chi connectivity index (χ0n) is 21.6. The predicted molar refractivity (Wildman–Crippen MR) is 138 cm³/mol. The molecule has 1 aliphatic rings. The van der Waals surface area contributed by atoms with Crippen LogP contribution in [0.15, 0.2) is 60.7 Å². The van der Waals surface area contributed by atoms with Crippen molar-refractivity contribution in [1.82, 2.24) is 10.2 Å². The first-order valence-corrected chi connectivity index (χ1v) is 12.7. The molecule has 36 heavy (non-hydrogen) atoms. The second-order valence-corrected chi connectivity index (χ2v) is 10.4. The Labute approximate surface area is 214 Å². The van der Waals surface area contributed by atoms with Crippen LogP contribution in [0.5, 0.6) is 0 Å². The molecule has 0 aliphatic carbocycles. The second-order valence-electron chi connectivity index (χ2n) is 10.4. The van der Waals surface area contributed by atoms with Crippen molar-refractivity contribution >= 4 is 18.0 Å². The molecule has 0 bridgehead atoms. The summed E-state index contributed by atoms with van der Waals surface area (Å²) < 4.78 is 10.9. The summed E-state index contributed by atoms with van der Waals surface area (Å²) in [6.07, 6.45) is 1.74. The number of nitrogens with one attached hydrogen (secondary N) is 1. The van der Waals surface area contributed by atoms with E-state index in [0.717, 1.165) is 24.0 Å². The Morgan fingerprint density at radius 3 is 2.11 bits per heavy atom. The number of piperidine rings is 1. The van der Waals surface area contributed by atoms with Gasteiger partial charge in [-0.3, -0.25) is 9.59 Å². The van der Waals surface area contributed by atoms with E-state index in [0.29, 0.717) is 26.1 Å². The molecule has 7 heteroatoms. The first-order valence-electron chi connectivity index (χ1n) is 12.7. The van der Waals surface area contributed by atoms with Crippen LogP contribution in [0.2, 0.25) is 0 Å². The Balaban J connectivity index is 1.51. The Morgan fingerprint density at radius 2 is 1.53 bits per heavy atom. The molecule has 2 aromatic carbocycles. The van der Waals surface area contributed by atoms with Crippen LogP contribution in [0, 0.1) is 11.8 Å². The maximum atomic E-state index is 13.1. The first kappa shape index (κ1) is 27.2. The summed E-state index contributed by atoms with van der Waals surface area (Å²) >= 11 is 0. The molecule has 1 atom stereocenters. The van der Waals surface area contributed by atoms with E-state index in [1.807, 2.05) is 86.3 Å². The van der Waals surface area contributed by atoms with Crippen molar-refractivity contribution in [2.24, 2.45) is 11.8 Å². The summed E-state index contributed by atoms with van der Waals surface area (Å²) in [6, 6.07) is 19.3. The smallest absolute Gasteiger partial charge is 0.407 e. The van der Waals surface area contributed by atoms with Gasteiger partial charge >= 0.3 is 12.1 Å². The Hall–Kier alpha value is -3.35. The van der Waals surface area contributed by atoms with E-state index >= 15 is 0 Å². The van der Waals surface area contributed by atoms with Gasteiger partial charge in [0, 0.05) is 26.1 Å². The number of likely N-dealkylation sites (tertiary alicyclic amines) is 1. The normalized spacial score (nSPS) is 15.1. The van der Waals surface area contributed by atoms with Gasteiger partial charge in [0.25, 0.3) is 0 Å². The van der Waals surface area contributed by atoms with Crippen molar-refractivity contribution in [3.8, 4) is 0 Å². The van der Waals surface area contributed by atoms with Gasteiger partial charge in [-0.2, -0.15) is 0 Å². The molecule has 1 N–H and O–H groups in total. The highest BCUT2D eigenvalue weighted by atomic mass is 16.6. The molecule has 0 unspecified atom stereocenters. The van der Waals surface area contributed by atoms with Gasteiger partial charge in [0.2, 0.25) is 5.91 Å². The van der Waals surface area contributed by atoms with Crippen molar-refractivity contribution in [2.45, 2.75) is 58.7 Å². The maximum Gasteiger partial charge on any atom is 0.407 e. The summed E-state index contributed by atoms with van der Waals surface area (Å²) in [7, 11) is 0. The number of carbonyl (C=O) groups excluding carboxylic acids is 3. The summed E-state index contributed by atoms with van der Waals surface area (Å²) in [5.74, 6) is -0.647. The SMILES string of the molecule is CC(C)(C)OC(=O)NCC1CCN(C(=O)C[C@@H](Cc2ccccc2)C(=O)OCc2ccccc2)CC1.